The van der Waals surface area contributed by atoms with E-state index in [0.29, 0.717) is 22.5 Å². The number of amides is 2. The number of rotatable bonds is 3. The lowest BCUT2D eigenvalue weighted by Crippen LogP contribution is -2.45. The molecule has 4 unspecified atom stereocenters. The number of hydrogen-bond acceptors (Lipinski definition) is 2. The third-order valence-electron chi connectivity index (χ3n) is 5.12. The average molecular weight is 321 g/mol. The number of hydrogen-bond donors (Lipinski definition) is 2. The Labute approximate surface area is 135 Å². The Morgan fingerprint density at radius 3 is 2.59 bits per heavy atom. The van der Waals surface area contributed by atoms with Crippen molar-refractivity contribution in [1.82, 2.24) is 5.32 Å². The van der Waals surface area contributed by atoms with Crippen LogP contribution in [0.25, 0.3) is 0 Å². The summed E-state index contributed by atoms with van der Waals surface area (Å²) in [6.07, 6.45) is 5.06. The number of para-hydroxylation sites is 1. The van der Waals surface area contributed by atoms with Gasteiger partial charge < -0.3 is 10.6 Å². The molecule has 2 aliphatic carbocycles. The predicted molar refractivity (Wildman–Crippen MR) is 86.6 cm³/mol. The van der Waals surface area contributed by atoms with Gasteiger partial charge in [0.05, 0.1) is 10.7 Å². The summed E-state index contributed by atoms with van der Waals surface area (Å²) in [5, 5.41) is 5.83. The number of anilines is 1. The fraction of sp³-hybridized carbons (Fsp3) is 0.529. The van der Waals surface area contributed by atoms with Crippen molar-refractivity contribution in [2.45, 2.75) is 38.6 Å². The number of nitrogens with one attached hydrogen (secondary N) is 2. The van der Waals surface area contributed by atoms with Crippen LogP contribution in [0.3, 0.4) is 0 Å². The Morgan fingerprint density at radius 1 is 1.18 bits per heavy atom. The summed E-state index contributed by atoms with van der Waals surface area (Å²) < 4.78 is 0. The second-order valence-corrected chi connectivity index (χ2v) is 6.94. The lowest BCUT2D eigenvalue weighted by atomic mass is 9.84. The molecule has 2 aliphatic rings. The van der Waals surface area contributed by atoms with Gasteiger partial charge in [-0.1, -0.05) is 30.2 Å². The van der Waals surface area contributed by atoms with Crippen LogP contribution >= 0.6 is 11.6 Å². The Balaban J connectivity index is 1.55. The zero-order valence-corrected chi connectivity index (χ0v) is 13.4. The molecule has 2 N–H and O–H groups in total. The topological polar surface area (TPSA) is 58.2 Å². The zero-order chi connectivity index (χ0) is 15.7. The summed E-state index contributed by atoms with van der Waals surface area (Å²) in [4.78, 5) is 24.1. The van der Waals surface area contributed by atoms with Gasteiger partial charge in [-0.05, 0) is 56.1 Å². The molecule has 0 spiro atoms. The molecule has 0 saturated heterocycles. The molecule has 1 aromatic carbocycles. The van der Waals surface area contributed by atoms with Crippen molar-refractivity contribution < 1.29 is 9.59 Å². The van der Waals surface area contributed by atoms with Crippen LogP contribution in [0.4, 0.5) is 5.69 Å². The minimum Gasteiger partial charge on any atom is -0.345 e. The maximum Gasteiger partial charge on any atom is 0.313 e. The monoisotopic (exact) mass is 320 g/mol. The molecule has 2 amide bonds. The maximum atomic E-state index is 12.1. The number of fused-ring (bicyclic) bond motifs is 2. The second kappa shape index (κ2) is 6.29. The van der Waals surface area contributed by atoms with Crippen LogP contribution in [0.15, 0.2) is 24.3 Å². The molecule has 22 heavy (non-hydrogen) atoms. The summed E-state index contributed by atoms with van der Waals surface area (Å²) in [6, 6.07) is 6.92. The SMILES string of the molecule is CC(NC(=O)C(=O)Nc1ccccc1Cl)C1CC2CCC1C2. The van der Waals surface area contributed by atoms with E-state index in [9.17, 15) is 9.59 Å². The molecular weight excluding hydrogens is 300 g/mol. The molecule has 3 rings (SSSR count). The van der Waals surface area contributed by atoms with Crippen LogP contribution in [0.1, 0.15) is 32.6 Å². The molecule has 2 fully saturated rings. The van der Waals surface area contributed by atoms with Gasteiger partial charge in [-0.25, -0.2) is 0 Å². The van der Waals surface area contributed by atoms with E-state index in [0.717, 1.165) is 5.92 Å². The lowest BCUT2D eigenvalue weighted by molar-refractivity contribution is -0.136. The number of carbonyl (C=O) groups is 2. The molecule has 4 nitrogen and oxygen atoms in total. The van der Waals surface area contributed by atoms with Gasteiger partial charge in [-0.15, -0.1) is 0 Å². The van der Waals surface area contributed by atoms with Gasteiger partial charge in [0.1, 0.15) is 0 Å². The Kier molecular flexibility index (Phi) is 4.39. The highest BCUT2D eigenvalue weighted by molar-refractivity contribution is 6.41. The molecule has 118 valence electrons. The average Bonchev–Trinajstić information content (AvgIpc) is 3.12. The van der Waals surface area contributed by atoms with Crippen molar-refractivity contribution in [3.63, 3.8) is 0 Å². The van der Waals surface area contributed by atoms with Gasteiger partial charge in [-0.3, -0.25) is 9.59 Å². The molecule has 5 heteroatoms. The van der Waals surface area contributed by atoms with Crippen molar-refractivity contribution in [3.05, 3.63) is 29.3 Å². The molecule has 0 radical (unpaired) electrons. The Bertz CT molecular complexity index is 590. The van der Waals surface area contributed by atoms with Crippen molar-refractivity contribution in [2.24, 2.45) is 17.8 Å². The van der Waals surface area contributed by atoms with E-state index < -0.39 is 11.8 Å². The summed E-state index contributed by atoms with van der Waals surface area (Å²) in [5.74, 6) is 0.798. The Hall–Kier alpha value is -1.55. The van der Waals surface area contributed by atoms with Crippen molar-refractivity contribution in [1.29, 1.82) is 0 Å². The van der Waals surface area contributed by atoms with Crippen LogP contribution in [0.5, 0.6) is 0 Å². The fourth-order valence-corrected chi connectivity index (χ4v) is 4.21. The van der Waals surface area contributed by atoms with Crippen LogP contribution < -0.4 is 10.6 Å². The molecule has 2 bridgehead atoms. The van der Waals surface area contributed by atoms with E-state index in [1.54, 1.807) is 24.3 Å². The van der Waals surface area contributed by atoms with Gasteiger partial charge in [0.15, 0.2) is 0 Å². The molecule has 0 heterocycles. The lowest BCUT2D eigenvalue weighted by Gasteiger charge is -2.28. The van der Waals surface area contributed by atoms with Gasteiger partial charge in [0.25, 0.3) is 0 Å². The maximum absolute atomic E-state index is 12.1. The zero-order valence-electron chi connectivity index (χ0n) is 12.6. The highest BCUT2D eigenvalue weighted by atomic mass is 35.5. The molecule has 0 aromatic heterocycles. The third kappa shape index (κ3) is 3.12. The minimum atomic E-state index is -0.664. The van der Waals surface area contributed by atoms with E-state index in [1.165, 1.54) is 25.7 Å². The normalized spacial score (nSPS) is 27.5. The first-order valence-corrected chi connectivity index (χ1v) is 8.28. The summed E-state index contributed by atoms with van der Waals surface area (Å²) in [5.41, 5.74) is 0.455. The third-order valence-corrected chi connectivity index (χ3v) is 5.45. The smallest absolute Gasteiger partial charge is 0.313 e. The van der Waals surface area contributed by atoms with Crippen LogP contribution in [-0.4, -0.2) is 17.9 Å². The van der Waals surface area contributed by atoms with Crippen molar-refractivity contribution in [2.75, 3.05) is 5.32 Å². The largest absolute Gasteiger partial charge is 0.345 e. The first-order valence-electron chi connectivity index (χ1n) is 7.91. The Morgan fingerprint density at radius 2 is 1.95 bits per heavy atom. The predicted octanol–water partition coefficient (Wildman–Crippen LogP) is 3.22. The quantitative estimate of drug-likeness (QED) is 0.840. The summed E-state index contributed by atoms with van der Waals surface area (Å²) in [6.45, 7) is 2.01. The molecule has 2 saturated carbocycles. The molecule has 4 atom stereocenters. The van der Waals surface area contributed by atoms with E-state index in [1.807, 2.05) is 6.92 Å². The number of halogens is 1. The highest BCUT2D eigenvalue weighted by Crippen LogP contribution is 2.49. The van der Waals surface area contributed by atoms with Gasteiger partial charge >= 0.3 is 11.8 Å². The first-order chi connectivity index (χ1) is 10.5. The van der Waals surface area contributed by atoms with E-state index >= 15 is 0 Å². The molecule has 1 aromatic rings. The summed E-state index contributed by atoms with van der Waals surface area (Å²) in [7, 11) is 0. The number of benzene rings is 1. The molecular formula is C17H21ClN2O2. The number of carbonyl (C=O) groups excluding carboxylic acids is 2. The first kappa shape index (κ1) is 15.3. The highest BCUT2D eigenvalue weighted by Gasteiger charge is 2.42. The van der Waals surface area contributed by atoms with Crippen LogP contribution in [0.2, 0.25) is 5.02 Å². The van der Waals surface area contributed by atoms with Crippen molar-refractivity contribution >= 4 is 29.1 Å². The molecule has 0 aliphatic heterocycles. The standard InChI is InChI=1S/C17H21ClN2O2/c1-10(13-9-11-6-7-12(13)8-11)19-16(21)17(22)20-15-5-3-2-4-14(15)18/h2-5,10-13H,6-9H2,1H3,(H,19,21)(H,20,22). The van der Waals surface area contributed by atoms with E-state index in [4.69, 9.17) is 11.6 Å². The van der Waals surface area contributed by atoms with E-state index in [-0.39, 0.29) is 6.04 Å². The minimum absolute atomic E-state index is 0.0415. The van der Waals surface area contributed by atoms with E-state index in [2.05, 4.69) is 10.6 Å². The van der Waals surface area contributed by atoms with Crippen LogP contribution in [-0.2, 0) is 9.59 Å². The summed E-state index contributed by atoms with van der Waals surface area (Å²) >= 11 is 5.98. The second-order valence-electron chi connectivity index (χ2n) is 6.53. The fourth-order valence-electron chi connectivity index (χ4n) is 4.03. The van der Waals surface area contributed by atoms with Gasteiger partial charge in [0.2, 0.25) is 0 Å². The van der Waals surface area contributed by atoms with Gasteiger partial charge in [-0.2, -0.15) is 0 Å². The van der Waals surface area contributed by atoms with Crippen LogP contribution in [0, 0.1) is 17.8 Å². The van der Waals surface area contributed by atoms with Gasteiger partial charge in [0, 0.05) is 6.04 Å². The van der Waals surface area contributed by atoms with Crippen molar-refractivity contribution in [3.8, 4) is 0 Å².